The Morgan fingerprint density at radius 1 is 1.09 bits per heavy atom. The first kappa shape index (κ1) is 16.9. The van der Waals surface area contributed by atoms with Gasteiger partial charge in [0.25, 0.3) is 5.91 Å². The lowest BCUT2D eigenvalue weighted by molar-refractivity contribution is 0.0954. The number of nitrogens with one attached hydrogen (secondary N) is 1. The van der Waals surface area contributed by atoms with Gasteiger partial charge in [-0.15, -0.1) is 0 Å². The van der Waals surface area contributed by atoms with Crippen molar-refractivity contribution in [2.75, 3.05) is 25.0 Å². The summed E-state index contributed by atoms with van der Waals surface area (Å²) in [4.78, 5) is 14.2. The number of anilines is 1. The van der Waals surface area contributed by atoms with Crippen molar-refractivity contribution in [2.45, 2.75) is 20.0 Å². The summed E-state index contributed by atoms with van der Waals surface area (Å²) in [6, 6.07) is 17.3. The van der Waals surface area contributed by atoms with E-state index in [0.717, 1.165) is 18.0 Å². The molecule has 4 nitrogen and oxygen atoms in total. The third-order valence-corrected chi connectivity index (χ3v) is 3.42. The Hall–Kier alpha value is -2.49. The smallest absolute Gasteiger partial charge is 0.251 e. The molecule has 0 aliphatic carbocycles. The molecule has 0 radical (unpaired) electrons. The van der Waals surface area contributed by atoms with Crippen LogP contribution in [0.4, 0.5) is 5.69 Å². The molecule has 0 aliphatic heterocycles. The predicted octanol–water partition coefficient (Wildman–Crippen LogP) is 3.34. The molecule has 4 heteroatoms. The SMILES string of the molecule is CC(C)Oc1ccc(C(=O)NCCN(C)c2ccccc2)cc1. The largest absolute Gasteiger partial charge is 0.491 e. The second-order valence-electron chi connectivity index (χ2n) is 5.70. The molecule has 0 saturated carbocycles. The number of carbonyl (C=O) groups is 1. The molecule has 1 N–H and O–H groups in total. The fourth-order valence-corrected chi connectivity index (χ4v) is 2.21. The lowest BCUT2D eigenvalue weighted by Gasteiger charge is -2.19. The van der Waals surface area contributed by atoms with E-state index in [9.17, 15) is 4.79 Å². The van der Waals surface area contributed by atoms with Gasteiger partial charge in [-0.2, -0.15) is 0 Å². The first-order chi connectivity index (χ1) is 11.1. The molecule has 23 heavy (non-hydrogen) atoms. The van der Waals surface area contributed by atoms with Crippen molar-refractivity contribution in [3.8, 4) is 5.75 Å². The number of amides is 1. The molecule has 2 aromatic carbocycles. The van der Waals surface area contributed by atoms with Gasteiger partial charge in [-0.25, -0.2) is 0 Å². The number of ether oxygens (including phenoxy) is 1. The van der Waals surface area contributed by atoms with Crippen LogP contribution in [0.25, 0.3) is 0 Å². The molecule has 0 atom stereocenters. The van der Waals surface area contributed by atoms with Gasteiger partial charge in [0.1, 0.15) is 5.75 Å². The number of likely N-dealkylation sites (N-methyl/N-ethyl adjacent to an activating group) is 1. The summed E-state index contributed by atoms with van der Waals surface area (Å²) in [5.41, 5.74) is 1.78. The van der Waals surface area contributed by atoms with Crippen LogP contribution in [0, 0.1) is 0 Å². The maximum Gasteiger partial charge on any atom is 0.251 e. The topological polar surface area (TPSA) is 41.6 Å². The molecule has 0 spiro atoms. The molecule has 0 saturated heterocycles. The third-order valence-electron chi connectivity index (χ3n) is 3.42. The number of hydrogen-bond acceptors (Lipinski definition) is 3. The van der Waals surface area contributed by atoms with Crippen LogP contribution in [-0.4, -0.2) is 32.1 Å². The normalized spacial score (nSPS) is 10.4. The number of hydrogen-bond donors (Lipinski definition) is 1. The molecule has 0 bridgehead atoms. The van der Waals surface area contributed by atoms with E-state index in [4.69, 9.17) is 4.74 Å². The van der Waals surface area contributed by atoms with Crippen molar-refractivity contribution in [1.29, 1.82) is 0 Å². The predicted molar refractivity (Wildman–Crippen MR) is 94.3 cm³/mol. The zero-order valence-electron chi connectivity index (χ0n) is 14.0. The summed E-state index contributed by atoms with van der Waals surface area (Å²) in [5.74, 6) is 0.711. The van der Waals surface area contributed by atoms with Crippen molar-refractivity contribution in [1.82, 2.24) is 5.32 Å². The first-order valence-corrected chi connectivity index (χ1v) is 7.87. The molecule has 0 heterocycles. The van der Waals surface area contributed by atoms with Crippen LogP contribution in [0.15, 0.2) is 54.6 Å². The van der Waals surface area contributed by atoms with E-state index >= 15 is 0 Å². The van der Waals surface area contributed by atoms with E-state index < -0.39 is 0 Å². The Morgan fingerprint density at radius 3 is 2.35 bits per heavy atom. The van der Waals surface area contributed by atoms with Crippen LogP contribution in [0.3, 0.4) is 0 Å². The summed E-state index contributed by atoms with van der Waals surface area (Å²) in [7, 11) is 2.01. The lowest BCUT2D eigenvalue weighted by Crippen LogP contribution is -2.32. The average molecular weight is 312 g/mol. The maximum atomic E-state index is 12.1. The van der Waals surface area contributed by atoms with Crippen LogP contribution in [-0.2, 0) is 0 Å². The van der Waals surface area contributed by atoms with Gasteiger partial charge in [-0.3, -0.25) is 4.79 Å². The van der Waals surface area contributed by atoms with Crippen LogP contribution < -0.4 is 15.0 Å². The van der Waals surface area contributed by atoms with Gasteiger partial charge in [0.15, 0.2) is 0 Å². The third kappa shape index (κ3) is 5.33. The summed E-state index contributed by atoms with van der Waals surface area (Å²) < 4.78 is 5.57. The number of nitrogens with zero attached hydrogens (tertiary/aromatic N) is 1. The highest BCUT2D eigenvalue weighted by Gasteiger charge is 2.06. The summed E-state index contributed by atoms with van der Waals surface area (Å²) in [5, 5.41) is 2.94. The Kier molecular flexibility index (Phi) is 6.03. The van der Waals surface area contributed by atoms with E-state index in [0.29, 0.717) is 12.1 Å². The summed E-state index contributed by atoms with van der Waals surface area (Å²) in [6.45, 7) is 5.30. The Bertz CT molecular complexity index is 609. The fourth-order valence-electron chi connectivity index (χ4n) is 2.21. The highest BCUT2D eigenvalue weighted by Crippen LogP contribution is 2.14. The van der Waals surface area contributed by atoms with E-state index in [1.165, 1.54) is 0 Å². The number of rotatable bonds is 7. The van der Waals surface area contributed by atoms with Crippen molar-refractivity contribution in [3.05, 3.63) is 60.2 Å². The minimum absolute atomic E-state index is 0.0671. The van der Waals surface area contributed by atoms with Gasteiger partial charge in [-0.1, -0.05) is 18.2 Å². The molecule has 2 aromatic rings. The summed E-state index contributed by atoms with van der Waals surface area (Å²) in [6.07, 6.45) is 0.128. The zero-order chi connectivity index (χ0) is 16.7. The minimum atomic E-state index is -0.0671. The average Bonchev–Trinajstić information content (AvgIpc) is 2.55. The Balaban J connectivity index is 1.80. The highest BCUT2D eigenvalue weighted by molar-refractivity contribution is 5.94. The molecule has 1 amide bonds. The second kappa shape index (κ2) is 8.22. The lowest BCUT2D eigenvalue weighted by atomic mass is 10.2. The molecule has 0 aliphatic rings. The van der Waals surface area contributed by atoms with Crippen LogP contribution >= 0.6 is 0 Å². The first-order valence-electron chi connectivity index (χ1n) is 7.87. The molecule has 0 aromatic heterocycles. The van der Waals surface area contributed by atoms with Crippen LogP contribution in [0.5, 0.6) is 5.75 Å². The van der Waals surface area contributed by atoms with Crippen LogP contribution in [0.2, 0.25) is 0 Å². The fraction of sp³-hybridized carbons (Fsp3) is 0.316. The van der Waals surface area contributed by atoms with E-state index in [-0.39, 0.29) is 12.0 Å². The Labute approximate surface area is 138 Å². The minimum Gasteiger partial charge on any atom is -0.491 e. The molecule has 0 unspecified atom stereocenters. The van der Waals surface area contributed by atoms with E-state index in [1.54, 1.807) is 12.1 Å². The number of para-hydroxylation sites is 1. The molecule has 0 fully saturated rings. The van der Waals surface area contributed by atoms with Crippen molar-refractivity contribution in [2.24, 2.45) is 0 Å². The number of carbonyl (C=O) groups excluding carboxylic acids is 1. The van der Waals surface area contributed by atoms with Gasteiger partial charge in [-0.05, 0) is 50.2 Å². The quantitative estimate of drug-likeness (QED) is 0.852. The zero-order valence-corrected chi connectivity index (χ0v) is 14.0. The highest BCUT2D eigenvalue weighted by atomic mass is 16.5. The van der Waals surface area contributed by atoms with Crippen molar-refractivity contribution < 1.29 is 9.53 Å². The van der Waals surface area contributed by atoms with Crippen molar-refractivity contribution in [3.63, 3.8) is 0 Å². The monoisotopic (exact) mass is 312 g/mol. The molecule has 122 valence electrons. The summed E-state index contributed by atoms with van der Waals surface area (Å²) >= 11 is 0. The maximum absolute atomic E-state index is 12.1. The molecular formula is C19H24N2O2. The van der Waals surface area contributed by atoms with Crippen molar-refractivity contribution >= 4 is 11.6 Å². The molecular weight excluding hydrogens is 288 g/mol. The second-order valence-corrected chi connectivity index (χ2v) is 5.70. The van der Waals surface area contributed by atoms with Gasteiger partial charge in [0.05, 0.1) is 6.10 Å². The number of benzene rings is 2. The molecule has 2 rings (SSSR count). The van der Waals surface area contributed by atoms with Gasteiger partial charge in [0.2, 0.25) is 0 Å². The van der Waals surface area contributed by atoms with Gasteiger partial charge < -0.3 is 15.0 Å². The standard InChI is InChI=1S/C19H24N2O2/c1-15(2)23-18-11-9-16(10-12-18)19(22)20-13-14-21(3)17-7-5-4-6-8-17/h4-12,15H,13-14H2,1-3H3,(H,20,22). The van der Waals surface area contributed by atoms with Crippen LogP contribution in [0.1, 0.15) is 24.2 Å². The van der Waals surface area contributed by atoms with E-state index in [2.05, 4.69) is 22.3 Å². The van der Waals surface area contributed by atoms with Gasteiger partial charge in [0, 0.05) is 31.4 Å². The van der Waals surface area contributed by atoms with E-state index in [1.807, 2.05) is 51.2 Å². The Morgan fingerprint density at radius 2 is 1.74 bits per heavy atom. The van der Waals surface area contributed by atoms with Gasteiger partial charge >= 0.3 is 0 Å².